The van der Waals surface area contributed by atoms with Crippen LogP contribution < -0.4 is 0 Å². The number of allylic oxidation sites excluding steroid dienone is 10. The Morgan fingerprint density at radius 2 is 0.569 bits per heavy atom. The van der Waals surface area contributed by atoms with E-state index in [0.717, 1.165) is 96.3 Å². The summed E-state index contributed by atoms with van der Waals surface area (Å²) in [6.45, 7) is 6.56. The van der Waals surface area contributed by atoms with Crippen LogP contribution in [0.4, 0.5) is 0 Å². The molecular weight excluding hydrogens is 805 g/mol. The van der Waals surface area contributed by atoms with Crippen LogP contribution in [0.25, 0.3) is 0 Å². The van der Waals surface area contributed by atoms with E-state index < -0.39 is 6.10 Å². The molecule has 0 aliphatic carbocycles. The Kier molecular flexibility index (Phi) is 51.3. The molecule has 0 aliphatic heterocycles. The molecule has 0 rings (SSSR count). The van der Waals surface area contributed by atoms with Gasteiger partial charge in [-0.2, -0.15) is 0 Å². The fourth-order valence-corrected chi connectivity index (χ4v) is 7.72. The Bertz CT molecular complexity index is 1180. The van der Waals surface area contributed by atoms with Crippen molar-refractivity contribution in [3.05, 3.63) is 60.8 Å². The monoisotopic (exact) mass is 909 g/mol. The smallest absolute Gasteiger partial charge is 0.306 e. The van der Waals surface area contributed by atoms with E-state index in [-0.39, 0.29) is 31.1 Å². The van der Waals surface area contributed by atoms with Crippen molar-refractivity contribution < 1.29 is 28.6 Å². The average molecular weight is 909 g/mol. The predicted molar refractivity (Wildman–Crippen MR) is 279 cm³/mol. The lowest BCUT2D eigenvalue weighted by Gasteiger charge is -2.18. The molecule has 6 nitrogen and oxygen atoms in total. The molecule has 376 valence electrons. The van der Waals surface area contributed by atoms with Crippen molar-refractivity contribution in [2.24, 2.45) is 0 Å². The number of esters is 3. The summed E-state index contributed by atoms with van der Waals surface area (Å²) < 4.78 is 16.8. The number of carbonyl (C=O) groups is 3. The third-order valence-corrected chi connectivity index (χ3v) is 12.0. The molecule has 0 N–H and O–H groups in total. The number of hydrogen-bond acceptors (Lipinski definition) is 6. The van der Waals surface area contributed by atoms with Gasteiger partial charge in [-0.1, -0.05) is 216 Å². The van der Waals surface area contributed by atoms with Crippen LogP contribution in [0.15, 0.2) is 60.8 Å². The minimum Gasteiger partial charge on any atom is -0.462 e. The molecule has 0 aromatic rings. The highest BCUT2D eigenvalue weighted by Gasteiger charge is 2.19. The van der Waals surface area contributed by atoms with Crippen LogP contribution >= 0.6 is 0 Å². The van der Waals surface area contributed by atoms with Crippen LogP contribution in [0.1, 0.15) is 278 Å². The molecule has 0 radical (unpaired) electrons. The van der Waals surface area contributed by atoms with E-state index in [9.17, 15) is 14.4 Å². The van der Waals surface area contributed by atoms with Crippen molar-refractivity contribution in [2.75, 3.05) is 13.2 Å². The molecule has 0 saturated heterocycles. The van der Waals surface area contributed by atoms with E-state index >= 15 is 0 Å². The number of carbonyl (C=O) groups excluding carboxylic acids is 3. The lowest BCUT2D eigenvalue weighted by molar-refractivity contribution is -0.167. The Morgan fingerprint density at radius 3 is 0.954 bits per heavy atom. The first-order valence-corrected chi connectivity index (χ1v) is 27.8. The summed E-state index contributed by atoms with van der Waals surface area (Å²) in [5.74, 6) is -0.913. The summed E-state index contributed by atoms with van der Waals surface area (Å²) >= 11 is 0. The molecule has 0 bridgehead atoms. The molecular formula is C59H104O6. The molecule has 0 aliphatic rings. The lowest BCUT2D eigenvalue weighted by Crippen LogP contribution is -2.30. The van der Waals surface area contributed by atoms with E-state index in [2.05, 4.69) is 81.5 Å². The molecule has 0 amide bonds. The molecule has 0 spiro atoms. The Balaban J connectivity index is 4.35. The summed E-state index contributed by atoms with van der Waals surface area (Å²) in [5.41, 5.74) is 0. The zero-order valence-corrected chi connectivity index (χ0v) is 43.0. The third kappa shape index (κ3) is 51.9. The summed E-state index contributed by atoms with van der Waals surface area (Å²) in [6.07, 6.45) is 66.4. The van der Waals surface area contributed by atoms with Crippen molar-refractivity contribution in [3.63, 3.8) is 0 Å². The molecule has 0 fully saturated rings. The maximum Gasteiger partial charge on any atom is 0.306 e. The largest absolute Gasteiger partial charge is 0.462 e. The summed E-state index contributed by atoms with van der Waals surface area (Å²) in [5, 5.41) is 0. The molecule has 0 unspecified atom stereocenters. The summed E-state index contributed by atoms with van der Waals surface area (Å²) in [6, 6.07) is 0. The van der Waals surface area contributed by atoms with Gasteiger partial charge in [0.15, 0.2) is 6.10 Å². The van der Waals surface area contributed by atoms with Crippen LogP contribution in [0.2, 0.25) is 0 Å². The standard InChI is InChI=1S/C59H104O6/c1-4-7-10-13-16-19-22-24-26-28-29-31-33-35-38-40-43-46-49-52-58(61)64-55-56(65-59(62)53-50-47-44-41-36-21-18-15-12-9-6-3)54-63-57(60)51-48-45-42-39-37-34-32-30-27-25-23-20-17-14-11-8-5-2/h15,17-18,20,24-27,32,34,56H,4-14,16,19,21-23,28-31,33,35-55H2,1-3H3/b18-15-,20-17-,26-24-,27-25-,34-32-/t56-/m1/s1. The molecule has 0 aromatic heterocycles. The van der Waals surface area contributed by atoms with Crippen molar-refractivity contribution >= 4 is 17.9 Å². The molecule has 6 heteroatoms. The first-order chi connectivity index (χ1) is 32.0. The third-order valence-electron chi connectivity index (χ3n) is 12.0. The fraction of sp³-hybridized carbons (Fsp3) is 0.780. The number of rotatable bonds is 50. The first kappa shape index (κ1) is 62.1. The van der Waals surface area contributed by atoms with Crippen LogP contribution in [-0.4, -0.2) is 37.2 Å². The predicted octanol–water partition coefficient (Wildman–Crippen LogP) is 18.4. The maximum absolute atomic E-state index is 12.8. The van der Waals surface area contributed by atoms with Crippen LogP contribution in [-0.2, 0) is 28.6 Å². The maximum atomic E-state index is 12.8. The van der Waals surface area contributed by atoms with Crippen molar-refractivity contribution in [3.8, 4) is 0 Å². The fourth-order valence-electron chi connectivity index (χ4n) is 7.72. The van der Waals surface area contributed by atoms with Gasteiger partial charge < -0.3 is 14.2 Å². The Labute approximate surface area is 402 Å². The number of ether oxygens (including phenoxy) is 3. The van der Waals surface area contributed by atoms with Crippen molar-refractivity contribution in [1.82, 2.24) is 0 Å². The van der Waals surface area contributed by atoms with E-state index in [1.165, 1.54) is 141 Å². The minimum absolute atomic E-state index is 0.0853. The van der Waals surface area contributed by atoms with Gasteiger partial charge >= 0.3 is 17.9 Å². The van der Waals surface area contributed by atoms with E-state index in [0.29, 0.717) is 19.3 Å². The number of unbranched alkanes of at least 4 members (excludes halogenated alkanes) is 29. The van der Waals surface area contributed by atoms with Gasteiger partial charge in [-0.25, -0.2) is 0 Å². The van der Waals surface area contributed by atoms with Crippen molar-refractivity contribution in [2.45, 2.75) is 284 Å². The second-order valence-corrected chi connectivity index (χ2v) is 18.5. The topological polar surface area (TPSA) is 78.9 Å². The van der Waals surface area contributed by atoms with Gasteiger partial charge in [-0.15, -0.1) is 0 Å². The van der Waals surface area contributed by atoms with E-state index in [1.54, 1.807) is 0 Å². The second kappa shape index (κ2) is 53.7. The molecule has 1 atom stereocenters. The van der Waals surface area contributed by atoms with Gasteiger partial charge in [0.05, 0.1) is 0 Å². The number of hydrogen-bond donors (Lipinski definition) is 0. The lowest BCUT2D eigenvalue weighted by atomic mass is 10.1. The molecule has 0 heterocycles. The van der Waals surface area contributed by atoms with E-state index in [1.807, 2.05) is 0 Å². The van der Waals surface area contributed by atoms with Crippen LogP contribution in [0, 0.1) is 0 Å². The molecule has 0 saturated carbocycles. The normalized spacial score (nSPS) is 12.5. The zero-order chi connectivity index (χ0) is 47.2. The minimum atomic E-state index is -0.787. The summed E-state index contributed by atoms with van der Waals surface area (Å²) in [4.78, 5) is 38.0. The Hall–Kier alpha value is -2.89. The van der Waals surface area contributed by atoms with Gasteiger partial charge in [0, 0.05) is 19.3 Å². The average Bonchev–Trinajstić information content (AvgIpc) is 3.30. The van der Waals surface area contributed by atoms with E-state index in [4.69, 9.17) is 14.2 Å². The van der Waals surface area contributed by atoms with Gasteiger partial charge in [0.2, 0.25) is 0 Å². The van der Waals surface area contributed by atoms with Crippen LogP contribution in [0.3, 0.4) is 0 Å². The Morgan fingerprint density at radius 1 is 0.308 bits per heavy atom. The highest BCUT2D eigenvalue weighted by Crippen LogP contribution is 2.15. The summed E-state index contributed by atoms with van der Waals surface area (Å²) in [7, 11) is 0. The molecule has 0 aromatic carbocycles. The second-order valence-electron chi connectivity index (χ2n) is 18.5. The molecule has 65 heavy (non-hydrogen) atoms. The highest BCUT2D eigenvalue weighted by molar-refractivity contribution is 5.71. The SMILES string of the molecule is CCCC/C=C\CCCCCCCC(=O)O[C@H](COC(=O)CCCCCC/C=C\C/C=C\C/C=C\CCCCC)COC(=O)CCCCCCCCCCC/C=C\CCCCCCCC. The quantitative estimate of drug-likeness (QED) is 0.0262. The van der Waals surface area contributed by atoms with Gasteiger partial charge in [0.25, 0.3) is 0 Å². The van der Waals surface area contributed by atoms with Crippen LogP contribution in [0.5, 0.6) is 0 Å². The van der Waals surface area contributed by atoms with Gasteiger partial charge in [-0.05, 0) is 103 Å². The van der Waals surface area contributed by atoms with Gasteiger partial charge in [-0.3, -0.25) is 14.4 Å². The van der Waals surface area contributed by atoms with Gasteiger partial charge in [0.1, 0.15) is 13.2 Å². The van der Waals surface area contributed by atoms with Crippen molar-refractivity contribution in [1.29, 1.82) is 0 Å². The first-order valence-electron chi connectivity index (χ1n) is 27.8. The zero-order valence-electron chi connectivity index (χ0n) is 43.0. The highest BCUT2D eigenvalue weighted by atomic mass is 16.6.